The summed E-state index contributed by atoms with van der Waals surface area (Å²) in [5.74, 6) is 1.92. The van der Waals surface area contributed by atoms with E-state index in [0.29, 0.717) is 5.15 Å². The smallest absolute Gasteiger partial charge is 0.223 e. The van der Waals surface area contributed by atoms with E-state index in [1.165, 1.54) is 5.56 Å². The fourth-order valence-electron chi connectivity index (χ4n) is 2.40. The standard InChI is InChI=1S/C14H15ClN4O/c1-20-10-4-2-9(3-5-10)8-19-7-6-11-12(15)17-14(16)18-13(11)19/h2-5H,6-8H2,1H3,(H2,16,17,18). The van der Waals surface area contributed by atoms with Crippen molar-refractivity contribution in [3.8, 4) is 5.75 Å². The highest BCUT2D eigenvalue weighted by Crippen LogP contribution is 2.32. The van der Waals surface area contributed by atoms with Crippen LogP contribution in [0, 0.1) is 0 Å². The summed E-state index contributed by atoms with van der Waals surface area (Å²) in [5.41, 5.74) is 7.84. The minimum absolute atomic E-state index is 0.218. The number of nitrogen functional groups attached to an aromatic ring is 1. The first-order valence-corrected chi connectivity index (χ1v) is 6.75. The lowest BCUT2D eigenvalue weighted by atomic mass is 10.2. The van der Waals surface area contributed by atoms with Gasteiger partial charge in [-0.2, -0.15) is 4.98 Å². The van der Waals surface area contributed by atoms with Gasteiger partial charge in [-0.05, 0) is 24.1 Å². The molecule has 104 valence electrons. The van der Waals surface area contributed by atoms with Gasteiger partial charge in [0.25, 0.3) is 0 Å². The maximum atomic E-state index is 6.11. The molecular weight excluding hydrogens is 276 g/mol. The van der Waals surface area contributed by atoms with Crippen LogP contribution in [0.25, 0.3) is 0 Å². The fourth-order valence-corrected chi connectivity index (χ4v) is 2.66. The van der Waals surface area contributed by atoms with Crippen LogP contribution in [0.2, 0.25) is 5.15 Å². The zero-order chi connectivity index (χ0) is 14.1. The van der Waals surface area contributed by atoms with E-state index in [1.54, 1.807) is 7.11 Å². The van der Waals surface area contributed by atoms with Crippen molar-refractivity contribution in [1.82, 2.24) is 9.97 Å². The van der Waals surface area contributed by atoms with Crippen LogP contribution < -0.4 is 15.4 Å². The van der Waals surface area contributed by atoms with Crippen LogP contribution in [0.3, 0.4) is 0 Å². The molecule has 2 heterocycles. The molecule has 0 unspecified atom stereocenters. The molecule has 5 nitrogen and oxygen atoms in total. The van der Waals surface area contributed by atoms with Crippen molar-refractivity contribution in [3.63, 3.8) is 0 Å². The topological polar surface area (TPSA) is 64.3 Å². The largest absolute Gasteiger partial charge is 0.497 e. The predicted octanol–water partition coefficient (Wildman–Crippen LogP) is 2.28. The van der Waals surface area contributed by atoms with Crippen molar-refractivity contribution < 1.29 is 4.74 Å². The Hall–Kier alpha value is -2.01. The Kier molecular flexibility index (Phi) is 3.36. The Morgan fingerprint density at radius 2 is 2.05 bits per heavy atom. The zero-order valence-electron chi connectivity index (χ0n) is 11.1. The van der Waals surface area contributed by atoms with Crippen LogP contribution in [0.15, 0.2) is 24.3 Å². The van der Waals surface area contributed by atoms with Crippen LogP contribution in [0.4, 0.5) is 11.8 Å². The molecule has 0 radical (unpaired) electrons. The number of ether oxygens (including phenoxy) is 1. The Balaban J connectivity index is 1.84. The van der Waals surface area contributed by atoms with Crippen molar-refractivity contribution in [2.45, 2.75) is 13.0 Å². The predicted molar refractivity (Wildman–Crippen MR) is 79.2 cm³/mol. The molecular formula is C14H15ClN4O. The lowest BCUT2D eigenvalue weighted by Gasteiger charge is -2.18. The maximum absolute atomic E-state index is 6.11. The van der Waals surface area contributed by atoms with E-state index in [2.05, 4.69) is 14.9 Å². The van der Waals surface area contributed by atoms with Gasteiger partial charge >= 0.3 is 0 Å². The average Bonchev–Trinajstić information content (AvgIpc) is 2.83. The van der Waals surface area contributed by atoms with E-state index in [9.17, 15) is 0 Å². The van der Waals surface area contributed by atoms with E-state index >= 15 is 0 Å². The highest BCUT2D eigenvalue weighted by atomic mass is 35.5. The molecule has 1 aromatic carbocycles. The lowest BCUT2D eigenvalue weighted by molar-refractivity contribution is 0.414. The van der Waals surface area contributed by atoms with E-state index in [4.69, 9.17) is 22.1 Å². The van der Waals surface area contributed by atoms with Gasteiger partial charge in [0, 0.05) is 18.7 Å². The van der Waals surface area contributed by atoms with Crippen molar-refractivity contribution in [2.24, 2.45) is 0 Å². The minimum atomic E-state index is 0.218. The first-order valence-electron chi connectivity index (χ1n) is 6.37. The Morgan fingerprint density at radius 1 is 1.30 bits per heavy atom. The summed E-state index contributed by atoms with van der Waals surface area (Å²) >= 11 is 6.11. The molecule has 0 saturated heterocycles. The maximum Gasteiger partial charge on any atom is 0.223 e. The molecule has 0 amide bonds. The van der Waals surface area contributed by atoms with Crippen LogP contribution in [0.1, 0.15) is 11.1 Å². The Labute approximate surface area is 122 Å². The molecule has 1 aromatic heterocycles. The number of nitrogens with two attached hydrogens (primary N) is 1. The number of benzene rings is 1. The number of hydrogen-bond donors (Lipinski definition) is 1. The van der Waals surface area contributed by atoms with Crippen LogP contribution in [-0.2, 0) is 13.0 Å². The first kappa shape index (κ1) is 13.0. The van der Waals surface area contributed by atoms with Crippen LogP contribution in [0.5, 0.6) is 5.75 Å². The summed E-state index contributed by atoms with van der Waals surface area (Å²) in [4.78, 5) is 10.5. The number of nitrogens with zero attached hydrogens (tertiary/aromatic N) is 3. The fraction of sp³-hybridized carbons (Fsp3) is 0.286. The van der Waals surface area contributed by atoms with Gasteiger partial charge in [-0.3, -0.25) is 0 Å². The first-order chi connectivity index (χ1) is 9.67. The molecule has 0 bridgehead atoms. The van der Waals surface area contributed by atoms with Crippen molar-refractivity contribution >= 4 is 23.4 Å². The van der Waals surface area contributed by atoms with Crippen molar-refractivity contribution in [2.75, 3.05) is 24.3 Å². The van der Waals surface area contributed by atoms with Gasteiger partial charge < -0.3 is 15.4 Å². The van der Waals surface area contributed by atoms with Gasteiger partial charge in [-0.25, -0.2) is 4.98 Å². The Morgan fingerprint density at radius 3 is 2.75 bits per heavy atom. The summed E-state index contributed by atoms with van der Waals surface area (Å²) in [6, 6.07) is 7.99. The van der Waals surface area contributed by atoms with Gasteiger partial charge in [-0.1, -0.05) is 23.7 Å². The normalized spacial score (nSPS) is 13.4. The number of hydrogen-bond acceptors (Lipinski definition) is 5. The molecule has 0 atom stereocenters. The van der Waals surface area contributed by atoms with Gasteiger partial charge in [0.2, 0.25) is 5.95 Å². The van der Waals surface area contributed by atoms with E-state index in [-0.39, 0.29) is 5.95 Å². The minimum Gasteiger partial charge on any atom is -0.497 e. The summed E-state index contributed by atoms with van der Waals surface area (Å²) < 4.78 is 5.16. The lowest BCUT2D eigenvalue weighted by Crippen LogP contribution is -2.20. The second kappa shape index (κ2) is 5.17. The van der Waals surface area contributed by atoms with Crippen molar-refractivity contribution in [3.05, 3.63) is 40.5 Å². The number of halogens is 1. The molecule has 20 heavy (non-hydrogen) atoms. The van der Waals surface area contributed by atoms with Gasteiger partial charge in [0.05, 0.1) is 7.11 Å². The molecule has 0 saturated carbocycles. The SMILES string of the molecule is COc1ccc(CN2CCc3c(Cl)nc(N)nc32)cc1. The molecule has 6 heteroatoms. The Bertz CT molecular complexity index is 630. The van der Waals surface area contributed by atoms with Gasteiger partial charge in [0.1, 0.15) is 16.7 Å². The molecule has 0 fully saturated rings. The number of methoxy groups -OCH3 is 1. The third-order valence-electron chi connectivity index (χ3n) is 3.42. The summed E-state index contributed by atoms with van der Waals surface area (Å²) in [6.07, 6.45) is 0.852. The molecule has 1 aliphatic heterocycles. The van der Waals surface area contributed by atoms with E-state index < -0.39 is 0 Å². The third kappa shape index (κ3) is 2.36. The molecule has 2 aromatic rings. The number of fused-ring (bicyclic) bond motifs is 1. The van der Waals surface area contributed by atoms with Gasteiger partial charge in [-0.15, -0.1) is 0 Å². The number of aromatic nitrogens is 2. The number of anilines is 2. The molecule has 3 rings (SSSR count). The van der Waals surface area contributed by atoms with Crippen molar-refractivity contribution in [1.29, 1.82) is 0 Å². The average molecular weight is 291 g/mol. The second-order valence-corrected chi connectivity index (χ2v) is 5.05. The second-order valence-electron chi connectivity index (χ2n) is 4.69. The highest BCUT2D eigenvalue weighted by Gasteiger charge is 2.24. The quantitative estimate of drug-likeness (QED) is 0.879. The molecule has 0 spiro atoms. The molecule has 2 N–H and O–H groups in total. The van der Waals surface area contributed by atoms with Gasteiger partial charge in [0.15, 0.2) is 0 Å². The molecule has 0 aliphatic carbocycles. The number of rotatable bonds is 3. The van der Waals surface area contributed by atoms with E-state index in [0.717, 1.165) is 36.6 Å². The third-order valence-corrected chi connectivity index (χ3v) is 3.73. The summed E-state index contributed by atoms with van der Waals surface area (Å²) in [6.45, 7) is 1.64. The monoisotopic (exact) mass is 290 g/mol. The highest BCUT2D eigenvalue weighted by molar-refractivity contribution is 6.30. The summed E-state index contributed by atoms with van der Waals surface area (Å²) in [7, 11) is 1.66. The van der Waals surface area contributed by atoms with E-state index in [1.807, 2.05) is 24.3 Å². The zero-order valence-corrected chi connectivity index (χ0v) is 11.9. The molecule has 1 aliphatic rings. The van der Waals surface area contributed by atoms with Crippen LogP contribution in [-0.4, -0.2) is 23.6 Å². The summed E-state index contributed by atoms with van der Waals surface area (Å²) in [5, 5.41) is 0.463. The van der Waals surface area contributed by atoms with Crippen LogP contribution >= 0.6 is 11.6 Å².